The largest absolute Gasteiger partial charge is 0.494 e. The van der Waals surface area contributed by atoms with Crippen molar-refractivity contribution in [3.63, 3.8) is 0 Å². The van der Waals surface area contributed by atoms with Crippen molar-refractivity contribution in [2.75, 3.05) is 6.61 Å². The number of H-pyrrole nitrogens is 1. The second kappa shape index (κ2) is 9.12. The van der Waals surface area contributed by atoms with Crippen molar-refractivity contribution < 1.29 is 9.53 Å². The molecule has 0 saturated carbocycles. The van der Waals surface area contributed by atoms with Crippen LogP contribution in [-0.2, 0) is 6.54 Å². The predicted molar refractivity (Wildman–Crippen MR) is 129 cm³/mol. The van der Waals surface area contributed by atoms with E-state index in [-0.39, 0.29) is 11.9 Å². The highest BCUT2D eigenvalue weighted by Gasteiger charge is 2.42. The zero-order valence-corrected chi connectivity index (χ0v) is 19.0. The number of aromatic nitrogens is 2. The molecule has 4 aromatic rings. The molecular formula is C27H24ClN3O2. The van der Waals surface area contributed by atoms with Crippen LogP contribution < -0.4 is 4.74 Å². The van der Waals surface area contributed by atoms with Gasteiger partial charge in [0.1, 0.15) is 11.4 Å². The minimum absolute atomic E-state index is 0.0871. The van der Waals surface area contributed by atoms with Crippen molar-refractivity contribution in [1.82, 2.24) is 15.1 Å². The van der Waals surface area contributed by atoms with E-state index >= 15 is 0 Å². The summed E-state index contributed by atoms with van der Waals surface area (Å²) in [6.07, 6.45) is 0.948. The first-order valence-corrected chi connectivity index (χ1v) is 11.5. The van der Waals surface area contributed by atoms with Gasteiger partial charge in [0.2, 0.25) is 0 Å². The van der Waals surface area contributed by atoms with Crippen LogP contribution in [0.4, 0.5) is 0 Å². The van der Waals surface area contributed by atoms with Gasteiger partial charge in [-0.1, -0.05) is 79.2 Å². The van der Waals surface area contributed by atoms with Crippen LogP contribution in [0.1, 0.15) is 46.6 Å². The summed E-state index contributed by atoms with van der Waals surface area (Å²) in [4.78, 5) is 15.4. The maximum atomic E-state index is 13.5. The summed E-state index contributed by atoms with van der Waals surface area (Å²) in [6, 6.07) is 25.3. The van der Waals surface area contributed by atoms with Crippen LogP contribution in [0.5, 0.6) is 5.75 Å². The highest BCUT2D eigenvalue weighted by atomic mass is 35.5. The van der Waals surface area contributed by atoms with Crippen LogP contribution in [0.3, 0.4) is 0 Å². The van der Waals surface area contributed by atoms with E-state index < -0.39 is 0 Å². The molecule has 0 aliphatic carbocycles. The molecule has 5 nitrogen and oxygen atoms in total. The van der Waals surface area contributed by atoms with Gasteiger partial charge in [0, 0.05) is 22.7 Å². The molecule has 2 heterocycles. The molecule has 1 unspecified atom stereocenters. The van der Waals surface area contributed by atoms with E-state index in [1.165, 1.54) is 0 Å². The minimum atomic E-state index is -0.294. The molecule has 0 spiro atoms. The number of nitrogens with one attached hydrogen (secondary N) is 1. The summed E-state index contributed by atoms with van der Waals surface area (Å²) < 4.78 is 5.76. The quantitative estimate of drug-likeness (QED) is 0.356. The van der Waals surface area contributed by atoms with Gasteiger partial charge >= 0.3 is 0 Å². The number of rotatable bonds is 7. The van der Waals surface area contributed by atoms with Crippen LogP contribution in [0.15, 0.2) is 78.9 Å². The molecule has 1 aliphatic heterocycles. The number of fused-ring (bicyclic) bond motifs is 1. The Balaban J connectivity index is 1.59. The lowest BCUT2D eigenvalue weighted by Gasteiger charge is -2.27. The number of carbonyl (C=O) groups is 1. The van der Waals surface area contributed by atoms with Crippen LogP contribution in [0.25, 0.3) is 11.3 Å². The van der Waals surface area contributed by atoms with Crippen molar-refractivity contribution in [3.05, 3.63) is 106 Å². The van der Waals surface area contributed by atoms with E-state index in [4.69, 9.17) is 16.3 Å². The van der Waals surface area contributed by atoms with E-state index in [0.29, 0.717) is 23.9 Å². The Bertz CT molecular complexity index is 1270. The number of nitrogens with zero attached hydrogens (tertiary/aromatic N) is 2. The molecule has 5 rings (SSSR count). The molecule has 1 N–H and O–H groups in total. The summed E-state index contributed by atoms with van der Waals surface area (Å²) in [5.74, 6) is 0.731. The predicted octanol–water partition coefficient (Wildman–Crippen LogP) is 6.26. The fraction of sp³-hybridized carbons (Fsp3) is 0.185. The van der Waals surface area contributed by atoms with Gasteiger partial charge in [-0.25, -0.2) is 0 Å². The van der Waals surface area contributed by atoms with Gasteiger partial charge in [0.05, 0.1) is 18.3 Å². The summed E-state index contributed by atoms with van der Waals surface area (Å²) in [5.41, 5.74) is 5.07. The zero-order chi connectivity index (χ0) is 22.8. The average molecular weight is 458 g/mol. The summed E-state index contributed by atoms with van der Waals surface area (Å²) >= 11 is 6.45. The first kappa shape index (κ1) is 21.3. The van der Waals surface area contributed by atoms with Crippen molar-refractivity contribution in [1.29, 1.82) is 0 Å². The molecule has 0 fully saturated rings. The van der Waals surface area contributed by atoms with Gasteiger partial charge in [-0.2, -0.15) is 5.10 Å². The zero-order valence-electron chi connectivity index (χ0n) is 18.3. The van der Waals surface area contributed by atoms with Crippen molar-refractivity contribution in [2.24, 2.45) is 0 Å². The van der Waals surface area contributed by atoms with Gasteiger partial charge in [-0.3, -0.25) is 9.89 Å². The standard InChI is InChI=1S/C27H24ClN3O2/c1-2-16-33-21-14-12-19(13-15-21)26-23-24(18-8-4-3-5-9-18)29-30-25(23)27(32)31(26)17-20-10-6-7-11-22(20)28/h3-15,26H,2,16-17H2,1H3,(H,29,30). The minimum Gasteiger partial charge on any atom is -0.494 e. The SMILES string of the molecule is CCCOc1ccc(C2c3c(-c4ccccc4)n[nH]c3C(=O)N2Cc2ccccc2Cl)cc1. The monoisotopic (exact) mass is 457 g/mol. The summed E-state index contributed by atoms with van der Waals surface area (Å²) in [5, 5.41) is 8.18. The summed E-state index contributed by atoms with van der Waals surface area (Å²) in [6.45, 7) is 3.15. The van der Waals surface area contributed by atoms with E-state index in [9.17, 15) is 4.79 Å². The smallest absolute Gasteiger partial charge is 0.273 e. The Morgan fingerprint density at radius 3 is 2.45 bits per heavy atom. The van der Waals surface area contributed by atoms with E-state index in [1.54, 1.807) is 0 Å². The molecule has 33 heavy (non-hydrogen) atoms. The lowest BCUT2D eigenvalue weighted by atomic mass is 9.96. The number of amides is 1. The van der Waals surface area contributed by atoms with Crippen LogP contribution in [-0.4, -0.2) is 27.6 Å². The molecule has 0 bridgehead atoms. The molecule has 1 aromatic heterocycles. The van der Waals surface area contributed by atoms with Crippen molar-refractivity contribution in [3.8, 4) is 17.0 Å². The fourth-order valence-corrected chi connectivity index (χ4v) is 4.49. The molecule has 166 valence electrons. The molecular weight excluding hydrogens is 434 g/mol. The normalized spacial score (nSPS) is 15.0. The van der Waals surface area contributed by atoms with E-state index in [0.717, 1.165) is 40.1 Å². The highest BCUT2D eigenvalue weighted by Crippen LogP contribution is 2.44. The maximum Gasteiger partial charge on any atom is 0.273 e. The summed E-state index contributed by atoms with van der Waals surface area (Å²) in [7, 11) is 0. The number of halogens is 1. The fourth-order valence-electron chi connectivity index (χ4n) is 4.30. The van der Waals surface area contributed by atoms with Crippen LogP contribution in [0.2, 0.25) is 5.02 Å². The molecule has 1 amide bonds. The molecule has 3 aromatic carbocycles. The number of hydrogen-bond acceptors (Lipinski definition) is 3. The van der Waals surface area contributed by atoms with E-state index in [1.807, 2.05) is 83.8 Å². The molecule has 6 heteroatoms. The van der Waals surface area contributed by atoms with Crippen molar-refractivity contribution >= 4 is 17.5 Å². The Hall–Kier alpha value is -3.57. The first-order valence-electron chi connectivity index (χ1n) is 11.1. The molecule has 1 aliphatic rings. The average Bonchev–Trinajstić information content (AvgIpc) is 3.39. The number of benzene rings is 3. The number of ether oxygens (including phenoxy) is 1. The number of aromatic amines is 1. The lowest BCUT2D eigenvalue weighted by Crippen LogP contribution is -2.29. The van der Waals surface area contributed by atoms with Crippen LogP contribution >= 0.6 is 11.6 Å². The molecule has 0 radical (unpaired) electrons. The van der Waals surface area contributed by atoms with Crippen molar-refractivity contribution in [2.45, 2.75) is 25.9 Å². The molecule has 1 atom stereocenters. The Morgan fingerprint density at radius 2 is 1.73 bits per heavy atom. The third-order valence-corrected chi connectivity index (χ3v) is 6.25. The van der Waals surface area contributed by atoms with Gasteiger partial charge in [0.15, 0.2) is 0 Å². The first-order chi connectivity index (χ1) is 16.2. The van der Waals surface area contributed by atoms with Gasteiger partial charge in [-0.05, 0) is 35.7 Å². The lowest BCUT2D eigenvalue weighted by molar-refractivity contribution is 0.0730. The molecule has 0 saturated heterocycles. The second-order valence-corrected chi connectivity index (χ2v) is 8.48. The topological polar surface area (TPSA) is 58.2 Å². The number of carbonyl (C=O) groups excluding carboxylic acids is 1. The van der Waals surface area contributed by atoms with Gasteiger partial charge in [0.25, 0.3) is 5.91 Å². The van der Waals surface area contributed by atoms with Gasteiger partial charge < -0.3 is 9.64 Å². The highest BCUT2D eigenvalue weighted by molar-refractivity contribution is 6.31. The van der Waals surface area contributed by atoms with E-state index in [2.05, 4.69) is 17.1 Å². The number of hydrogen-bond donors (Lipinski definition) is 1. The Labute approximate surface area is 198 Å². The second-order valence-electron chi connectivity index (χ2n) is 8.07. The third-order valence-electron chi connectivity index (χ3n) is 5.88. The van der Waals surface area contributed by atoms with Gasteiger partial charge in [-0.15, -0.1) is 0 Å². The maximum absolute atomic E-state index is 13.5. The third kappa shape index (κ3) is 4.00. The Morgan fingerprint density at radius 1 is 1.00 bits per heavy atom. The Kier molecular flexibility index (Phi) is 5.88. The van der Waals surface area contributed by atoms with Crippen LogP contribution in [0, 0.1) is 0 Å².